The van der Waals surface area contributed by atoms with Crippen LogP contribution in [-0.2, 0) is 14.8 Å². The van der Waals surface area contributed by atoms with E-state index in [0.717, 1.165) is 0 Å². The molecule has 0 saturated carbocycles. The van der Waals surface area contributed by atoms with Gasteiger partial charge in [-0.3, -0.25) is 0 Å². The zero-order valence-electron chi connectivity index (χ0n) is 6.74. The van der Waals surface area contributed by atoms with Gasteiger partial charge in [0.1, 0.15) is 0 Å². The Morgan fingerprint density at radius 3 is 2.58 bits per heavy atom. The summed E-state index contributed by atoms with van der Waals surface area (Å²) in [5.41, 5.74) is 0. The number of carbonyl (C=O) groups excluding carboxylic acids is 1. The summed E-state index contributed by atoms with van der Waals surface area (Å²) in [5.74, 6) is -0.286. The number of rotatable bonds is 4. The van der Waals surface area contributed by atoms with E-state index in [1.807, 2.05) is 0 Å². The first-order valence-corrected chi connectivity index (χ1v) is 5.08. The Morgan fingerprint density at radius 2 is 2.17 bits per heavy atom. The van der Waals surface area contributed by atoms with E-state index in [1.54, 1.807) is 6.92 Å². The Kier molecular flexibility index (Phi) is 4.60. The molecule has 3 N–H and O–H groups in total. The smallest absolute Gasteiger partial charge is 0.407 e. The number of nitrogens with two attached hydrogens (primary N) is 1. The first-order valence-electron chi connectivity index (χ1n) is 3.37. The summed E-state index contributed by atoms with van der Waals surface area (Å²) in [5, 5.41) is 6.90. The molecule has 7 heteroatoms. The fraction of sp³-hybridized carbons (Fsp3) is 0.800. The lowest BCUT2D eigenvalue weighted by Gasteiger charge is -2.02. The molecule has 0 heterocycles. The van der Waals surface area contributed by atoms with Gasteiger partial charge in [0, 0.05) is 6.54 Å². The molecule has 0 radical (unpaired) electrons. The van der Waals surface area contributed by atoms with Crippen LogP contribution in [0.5, 0.6) is 0 Å². The molecule has 0 aliphatic carbocycles. The highest BCUT2D eigenvalue weighted by Gasteiger charge is 2.04. The van der Waals surface area contributed by atoms with Crippen molar-refractivity contribution in [3.05, 3.63) is 0 Å². The predicted molar refractivity (Wildman–Crippen MR) is 43.0 cm³/mol. The summed E-state index contributed by atoms with van der Waals surface area (Å²) in [6.07, 6.45) is -0.638. The van der Waals surface area contributed by atoms with Gasteiger partial charge in [-0.05, 0) is 6.92 Å². The molecule has 0 rings (SSSR count). The van der Waals surface area contributed by atoms with Gasteiger partial charge in [-0.1, -0.05) is 0 Å². The minimum Gasteiger partial charge on any atom is -0.450 e. The van der Waals surface area contributed by atoms with Crippen LogP contribution < -0.4 is 10.5 Å². The van der Waals surface area contributed by atoms with Crippen LogP contribution >= 0.6 is 0 Å². The van der Waals surface area contributed by atoms with Crippen LogP contribution in [0.2, 0.25) is 0 Å². The van der Waals surface area contributed by atoms with Crippen molar-refractivity contribution in [2.24, 2.45) is 5.14 Å². The number of carbonyl (C=O) groups is 1. The van der Waals surface area contributed by atoms with E-state index in [-0.39, 0.29) is 18.9 Å². The summed E-state index contributed by atoms with van der Waals surface area (Å²) < 4.78 is 25.2. The van der Waals surface area contributed by atoms with Gasteiger partial charge in [0.2, 0.25) is 10.0 Å². The zero-order chi connectivity index (χ0) is 9.61. The monoisotopic (exact) mass is 196 g/mol. The van der Waals surface area contributed by atoms with E-state index < -0.39 is 16.1 Å². The maximum Gasteiger partial charge on any atom is 0.407 e. The Labute approximate surface area is 71.1 Å². The Bertz CT molecular complexity index is 236. The van der Waals surface area contributed by atoms with Gasteiger partial charge in [-0.15, -0.1) is 0 Å². The molecule has 12 heavy (non-hydrogen) atoms. The number of amides is 1. The highest BCUT2D eigenvalue weighted by atomic mass is 32.2. The maximum atomic E-state index is 10.6. The molecule has 0 fully saturated rings. The van der Waals surface area contributed by atoms with Crippen molar-refractivity contribution in [1.29, 1.82) is 0 Å². The van der Waals surface area contributed by atoms with Crippen molar-refractivity contribution in [3.8, 4) is 0 Å². The van der Waals surface area contributed by atoms with Crippen molar-refractivity contribution in [2.75, 3.05) is 18.9 Å². The average Bonchev–Trinajstić information content (AvgIpc) is 1.84. The number of nitrogens with one attached hydrogen (secondary N) is 1. The van der Waals surface area contributed by atoms with Gasteiger partial charge in [0.15, 0.2) is 0 Å². The molecule has 0 aliphatic rings. The van der Waals surface area contributed by atoms with E-state index in [9.17, 15) is 13.2 Å². The third-order valence-corrected chi connectivity index (χ3v) is 1.70. The van der Waals surface area contributed by atoms with Crippen molar-refractivity contribution >= 4 is 16.1 Å². The number of primary sulfonamides is 1. The van der Waals surface area contributed by atoms with E-state index in [1.165, 1.54) is 0 Å². The summed E-state index contributed by atoms with van der Waals surface area (Å²) >= 11 is 0. The molecule has 0 aromatic rings. The fourth-order valence-corrected chi connectivity index (χ4v) is 0.864. The third kappa shape index (κ3) is 7.29. The Balaban J connectivity index is 3.51. The lowest BCUT2D eigenvalue weighted by atomic mass is 10.7. The largest absolute Gasteiger partial charge is 0.450 e. The van der Waals surface area contributed by atoms with Crippen LogP contribution in [0.25, 0.3) is 0 Å². The topological polar surface area (TPSA) is 98.5 Å². The highest BCUT2D eigenvalue weighted by Crippen LogP contribution is 1.78. The molecule has 1 amide bonds. The maximum absolute atomic E-state index is 10.6. The van der Waals surface area contributed by atoms with Crippen molar-refractivity contribution in [3.63, 3.8) is 0 Å². The van der Waals surface area contributed by atoms with Crippen LogP contribution in [0.15, 0.2) is 0 Å². The zero-order valence-corrected chi connectivity index (χ0v) is 7.56. The SMILES string of the molecule is CCOC(=O)NCCS(N)(=O)=O. The number of hydrogen-bond donors (Lipinski definition) is 2. The normalized spacial score (nSPS) is 10.8. The average molecular weight is 196 g/mol. The fourth-order valence-electron chi connectivity index (χ4n) is 0.477. The minimum atomic E-state index is -3.51. The predicted octanol–water partition coefficient (Wildman–Crippen LogP) is -0.979. The van der Waals surface area contributed by atoms with E-state index in [2.05, 4.69) is 15.2 Å². The van der Waals surface area contributed by atoms with Crippen LogP contribution in [0.3, 0.4) is 0 Å². The molecule has 0 aliphatic heterocycles. The van der Waals surface area contributed by atoms with Gasteiger partial charge in [-0.25, -0.2) is 18.4 Å². The van der Waals surface area contributed by atoms with Crippen LogP contribution in [0, 0.1) is 0 Å². The number of ether oxygens (including phenoxy) is 1. The van der Waals surface area contributed by atoms with Crippen LogP contribution in [0.1, 0.15) is 6.92 Å². The molecule has 0 atom stereocenters. The third-order valence-electron chi connectivity index (χ3n) is 0.931. The van der Waals surface area contributed by atoms with E-state index in [4.69, 9.17) is 0 Å². The standard InChI is InChI=1S/C5H12N2O4S/c1-2-11-5(8)7-3-4-12(6,9)10/h2-4H2,1H3,(H,7,8)(H2,6,9,10). The second kappa shape index (κ2) is 4.94. The lowest BCUT2D eigenvalue weighted by Crippen LogP contribution is -2.31. The summed E-state index contributed by atoms with van der Waals surface area (Å²) in [6.45, 7) is 1.87. The van der Waals surface area contributed by atoms with Crippen LogP contribution in [-0.4, -0.2) is 33.4 Å². The summed E-state index contributed by atoms with van der Waals surface area (Å²) in [7, 11) is -3.51. The van der Waals surface area contributed by atoms with Gasteiger partial charge in [-0.2, -0.15) is 0 Å². The molecule has 72 valence electrons. The van der Waals surface area contributed by atoms with E-state index >= 15 is 0 Å². The molecular formula is C5H12N2O4S. The molecule has 0 bridgehead atoms. The second-order valence-corrected chi connectivity index (χ2v) is 3.75. The number of sulfonamides is 1. The number of alkyl carbamates (subject to hydrolysis) is 1. The molecule has 0 spiro atoms. The first-order chi connectivity index (χ1) is 5.45. The van der Waals surface area contributed by atoms with Gasteiger partial charge in [0.05, 0.1) is 12.4 Å². The second-order valence-electron chi connectivity index (χ2n) is 2.01. The molecule has 0 saturated heterocycles. The Morgan fingerprint density at radius 1 is 1.58 bits per heavy atom. The van der Waals surface area contributed by atoms with Gasteiger partial charge >= 0.3 is 6.09 Å². The molecule has 0 aromatic carbocycles. The van der Waals surface area contributed by atoms with E-state index in [0.29, 0.717) is 0 Å². The molecule has 0 aromatic heterocycles. The minimum absolute atomic E-state index is 0.0301. The van der Waals surface area contributed by atoms with Gasteiger partial charge in [0.25, 0.3) is 0 Å². The summed E-state index contributed by atoms with van der Waals surface area (Å²) in [4.78, 5) is 10.6. The molecular weight excluding hydrogens is 184 g/mol. The van der Waals surface area contributed by atoms with Gasteiger partial charge < -0.3 is 10.1 Å². The Hall–Kier alpha value is -0.820. The first kappa shape index (κ1) is 11.2. The summed E-state index contributed by atoms with van der Waals surface area (Å²) in [6, 6.07) is 0. The molecule has 6 nitrogen and oxygen atoms in total. The molecule has 0 unspecified atom stereocenters. The number of hydrogen-bond acceptors (Lipinski definition) is 4. The van der Waals surface area contributed by atoms with Crippen LogP contribution in [0.4, 0.5) is 4.79 Å². The quantitative estimate of drug-likeness (QED) is 0.603. The van der Waals surface area contributed by atoms with Crippen molar-refractivity contribution in [2.45, 2.75) is 6.92 Å². The highest BCUT2D eigenvalue weighted by molar-refractivity contribution is 7.89. The van der Waals surface area contributed by atoms with Crippen molar-refractivity contribution < 1.29 is 17.9 Å². The lowest BCUT2D eigenvalue weighted by molar-refractivity contribution is 0.153. The van der Waals surface area contributed by atoms with Crippen molar-refractivity contribution in [1.82, 2.24) is 5.32 Å².